The molecule has 116 valence electrons. The molecule has 1 aromatic carbocycles. The Balaban J connectivity index is 1.80. The van der Waals surface area contributed by atoms with Crippen molar-refractivity contribution >= 4 is 6.03 Å². The topological polar surface area (TPSA) is 41.1 Å². The second kappa shape index (κ2) is 7.48. The van der Waals surface area contributed by atoms with Gasteiger partial charge in [-0.3, -0.25) is 0 Å². The van der Waals surface area contributed by atoms with Gasteiger partial charge in [-0.25, -0.2) is 4.79 Å². The molecular formula is C18H28N2O. The summed E-state index contributed by atoms with van der Waals surface area (Å²) < 4.78 is 0. The lowest BCUT2D eigenvalue weighted by Crippen LogP contribution is -2.45. The summed E-state index contributed by atoms with van der Waals surface area (Å²) in [5.74, 6) is 0. The Morgan fingerprint density at radius 3 is 2.33 bits per heavy atom. The third-order valence-electron chi connectivity index (χ3n) is 4.44. The van der Waals surface area contributed by atoms with Crippen LogP contribution < -0.4 is 10.6 Å². The van der Waals surface area contributed by atoms with E-state index in [4.69, 9.17) is 0 Å². The number of nitrogens with one attached hydrogen (secondary N) is 2. The van der Waals surface area contributed by atoms with Gasteiger partial charge in [-0.1, -0.05) is 69.9 Å². The molecule has 0 unspecified atom stereocenters. The van der Waals surface area contributed by atoms with Crippen LogP contribution in [-0.4, -0.2) is 18.6 Å². The first-order chi connectivity index (χ1) is 10.1. The van der Waals surface area contributed by atoms with Gasteiger partial charge >= 0.3 is 6.03 Å². The van der Waals surface area contributed by atoms with Crippen LogP contribution in [0.15, 0.2) is 30.3 Å². The van der Waals surface area contributed by atoms with E-state index in [1.807, 2.05) is 18.2 Å². The summed E-state index contributed by atoms with van der Waals surface area (Å²) in [6.45, 7) is 4.97. The predicted molar refractivity (Wildman–Crippen MR) is 87.5 cm³/mol. The number of hydrogen-bond acceptors (Lipinski definition) is 1. The Morgan fingerprint density at radius 1 is 1.10 bits per heavy atom. The van der Waals surface area contributed by atoms with Gasteiger partial charge in [0.05, 0.1) is 0 Å². The lowest BCUT2D eigenvalue weighted by atomic mass is 9.85. The molecule has 0 atom stereocenters. The molecule has 0 aliphatic heterocycles. The molecule has 3 nitrogen and oxygen atoms in total. The van der Waals surface area contributed by atoms with Crippen LogP contribution >= 0.6 is 0 Å². The van der Waals surface area contributed by atoms with E-state index in [9.17, 15) is 4.79 Å². The highest BCUT2D eigenvalue weighted by atomic mass is 16.2. The van der Waals surface area contributed by atoms with Gasteiger partial charge in [0.15, 0.2) is 0 Å². The lowest BCUT2D eigenvalue weighted by molar-refractivity contribution is 0.233. The molecule has 0 spiro atoms. The van der Waals surface area contributed by atoms with E-state index < -0.39 is 0 Å². The predicted octanol–water partition coefficient (Wildman–Crippen LogP) is 3.99. The summed E-state index contributed by atoms with van der Waals surface area (Å²) in [7, 11) is 0. The summed E-state index contributed by atoms with van der Waals surface area (Å²) in [5.41, 5.74) is 1.20. The smallest absolute Gasteiger partial charge is 0.315 e. The lowest BCUT2D eigenvalue weighted by Gasteiger charge is -2.26. The third-order valence-corrected chi connectivity index (χ3v) is 4.44. The maximum atomic E-state index is 12.1. The first-order valence-electron chi connectivity index (χ1n) is 8.18. The number of rotatable bonds is 4. The molecule has 21 heavy (non-hydrogen) atoms. The summed E-state index contributed by atoms with van der Waals surface area (Å²) >= 11 is 0. The zero-order valence-electron chi connectivity index (χ0n) is 13.3. The minimum absolute atomic E-state index is 0.0223. The summed E-state index contributed by atoms with van der Waals surface area (Å²) in [4.78, 5) is 12.1. The zero-order valence-corrected chi connectivity index (χ0v) is 13.3. The van der Waals surface area contributed by atoms with Gasteiger partial charge in [-0.15, -0.1) is 0 Å². The molecule has 1 saturated carbocycles. The van der Waals surface area contributed by atoms with Crippen molar-refractivity contribution in [3.63, 3.8) is 0 Å². The van der Waals surface area contributed by atoms with Gasteiger partial charge < -0.3 is 10.6 Å². The Kier molecular flexibility index (Phi) is 5.66. The van der Waals surface area contributed by atoms with Gasteiger partial charge in [0.2, 0.25) is 0 Å². The number of carbonyl (C=O) groups is 1. The number of amides is 2. The second-order valence-electron chi connectivity index (χ2n) is 6.77. The standard InChI is InChI=1S/C18H28N2O/c1-18(2,15-10-6-5-7-11-15)14-19-17(21)20-16-12-8-3-4-9-13-16/h5-7,10-11,16H,3-4,8-9,12-14H2,1-2H3,(H2,19,20,21). The number of benzene rings is 1. The van der Waals surface area contributed by atoms with E-state index in [-0.39, 0.29) is 11.4 Å². The normalized spacial score (nSPS) is 17.0. The van der Waals surface area contributed by atoms with Crippen LogP contribution in [0.4, 0.5) is 4.79 Å². The quantitative estimate of drug-likeness (QED) is 0.808. The van der Waals surface area contributed by atoms with Crippen LogP contribution in [0.25, 0.3) is 0 Å². The van der Waals surface area contributed by atoms with E-state index >= 15 is 0 Å². The van der Waals surface area contributed by atoms with Crippen molar-refractivity contribution in [1.29, 1.82) is 0 Å². The van der Waals surface area contributed by atoms with Crippen LogP contribution in [0.1, 0.15) is 57.9 Å². The van der Waals surface area contributed by atoms with Gasteiger partial charge in [0.25, 0.3) is 0 Å². The molecule has 0 bridgehead atoms. The molecule has 1 aliphatic carbocycles. The van der Waals surface area contributed by atoms with Gasteiger partial charge in [-0.05, 0) is 18.4 Å². The minimum Gasteiger partial charge on any atom is -0.337 e. The number of carbonyl (C=O) groups excluding carboxylic acids is 1. The monoisotopic (exact) mass is 288 g/mol. The molecule has 0 saturated heterocycles. The van der Waals surface area contributed by atoms with Gasteiger partial charge in [0, 0.05) is 18.0 Å². The van der Waals surface area contributed by atoms with E-state index in [0.717, 1.165) is 12.8 Å². The van der Waals surface area contributed by atoms with Crippen LogP contribution in [0.5, 0.6) is 0 Å². The fourth-order valence-electron chi connectivity index (χ4n) is 2.95. The molecule has 0 aromatic heterocycles. The van der Waals surface area contributed by atoms with Crippen LogP contribution in [0, 0.1) is 0 Å². The van der Waals surface area contributed by atoms with Crippen molar-refractivity contribution in [3.05, 3.63) is 35.9 Å². The summed E-state index contributed by atoms with van der Waals surface area (Å²) in [6.07, 6.45) is 7.33. The Hall–Kier alpha value is -1.51. The van der Waals surface area contributed by atoms with Crippen LogP contribution in [-0.2, 0) is 5.41 Å². The molecule has 2 N–H and O–H groups in total. The Morgan fingerprint density at radius 2 is 1.71 bits per heavy atom. The summed E-state index contributed by atoms with van der Waals surface area (Å²) in [5, 5.41) is 6.17. The minimum atomic E-state index is -0.0535. The maximum Gasteiger partial charge on any atom is 0.315 e. The highest BCUT2D eigenvalue weighted by Crippen LogP contribution is 2.21. The molecule has 2 amide bonds. The van der Waals surface area contributed by atoms with E-state index in [2.05, 4.69) is 36.6 Å². The van der Waals surface area contributed by atoms with Crippen molar-refractivity contribution in [3.8, 4) is 0 Å². The zero-order chi connectivity index (χ0) is 15.1. The summed E-state index contributed by atoms with van der Waals surface area (Å²) in [6, 6.07) is 10.7. The average molecular weight is 288 g/mol. The Bertz CT molecular complexity index is 434. The van der Waals surface area contributed by atoms with Gasteiger partial charge in [0.1, 0.15) is 0 Å². The van der Waals surface area contributed by atoms with Crippen LogP contribution in [0.2, 0.25) is 0 Å². The molecule has 1 aromatic rings. The molecule has 1 fully saturated rings. The Labute approximate surface area is 128 Å². The fraction of sp³-hybridized carbons (Fsp3) is 0.611. The van der Waals surface area contributed by atoms with E-state index in [1.54, 1.807) is 0 Å². The molecule has 1 aliphatic rings. The first kappa shape index (κ1) is 15.9. The fourth-order valence-corrected chi connectivity index (χ4v) is 2.95. The van der Waals surface area contributed by atoms with E-state index in [0.29, 0.717) is 12.6 Å². The molecule has 3 heteroatoms. The molecule has 0 radical (unpaired) electrons. The van der Waals surface area contributed by atoms with E-state index in [1.165, 1.54) is 31.2 Å². The maximum absolute atomic E-state index is 12.1. The third kappa shape index (κ3) is 5.07. The van der Waals surface area contributed by atoms with Crippen molar-refractivity contribution in [1.82, 2.24) is 10.6 Å². The molecule has 2 rings (SSSR count). The van der Waals surface area contributed by atoms with Crippen LogP contribution in [0.3, 0.4) is 0 Å². The van der Waals surface area contributed by atoms with Gasteiger partial charge in [-0.2, -0.15) is 0 Å². The molecular weight excluding hydrogens is 260 g/mol. The van der Waals surface area contributed by atoms with Crippen molar-refractivity contribution in [2.75, 3.05) is 6.54 Å². The average Bonchev–Trinajstić information content (AvgIpc) is 2.75. The highest BCUT2D eigenvalue weighted by Gasteiger charge is 2.22. The highest BCUT2D eigenvalue weighted by molar-refractivity contribution is 5.74. The van der Waals surface area contributed by atoms with Crippen molar-refractivity contribution in [2.45, 2.75) is 63.8 Å². The molecule has 0 heterocycles. The number of urea groups is 1. The SMILES string of the molecule is CC(C)(CNC(=O)NC1CCCCCC1)c1ccccc1. The number of hydrogen-bond donors (Lipinski definition) is 2. The van der Waals surface area contributed by atoms with Crippen molar-refractivity contribution in [2.24, 2.45) is 0 Å². The largest absolute Gasteiger partial charge is 0.337 e. The van der Waals surface area contributed by atoms with Crippen molar-refractivity contribution < 1.29 is 4.79 Å². The first-order valence-corrected chi connectivity index (χ1v) is 8.18. The second-order valence-corrected chi connectivity index (χ2v) is 6.77.